The van der Waals surface area contributed by atoms with Crippen LogP contribution in [0.5, 0.6) is 11.5 Å². The Kier molecular flexibility index (Phi) is 5.21. The molecule has 0 amide bonds. The molecule has 4 aromatic rings. The van der Waals surface area contributed by atoms with E-state index in [9.17, 15) is 19.5 Å². The van der Waals surface area contributed by atoms with Crippen LogP contribution in [0.4, 0.5) is 0 Å². The van der Waals surface area contributed by atoms with E-state index in [0.29, 0.717) is 11.3 Å². The van der Waals surface area contributed by atoms with E-state index in [1.54, 1.807) is 30.3 Å². The van der Waals surface area contributed by atoms with Crippen LogP contribution in [0.2, 0.25) is 0 Å². The van der Waals surface area contributed by atoms with Gasteiger partial charge in [0.2, 0.25) is 0 Å². The first-order chi connectivity index (χ1) is 14.9. The second-order valence-corrected chi connectivity index (χ2v) is 6.86. The summed E-state index contributed by atoms with van der Waals surface area (Å²) < 4.78 is 20.8. The van der Waals surface area contributed by atoms with Crippen LogP contribution < -0.4 is 15.8 Å². The molecule has 4 rings (SSSR count). The zero-order valence-corrected chi connectivity index (χ0v) is 16.7. The highest BCUT2D eigenvalue weighted by molar-refractivity contribution is 5.85. The van der Waals surface area contributed by atoms with Crippen LogP contribution in [0.1, 0.15) is 23.5 Å². The number of methoxy groups -OCH3 is 2. The minimum absolute atomic E-state index is 0.00374. The summed E-state index contributed by atoms with van der Waals surface area (Å²) in [6.45, 7) is 0. The van der Waals surface area contributed by atoms with Crippen molar-refractivity contribution in [2.75, 3.05) is 14.2 Å². The number of aromatic hydroxyl groups is 1. The van der Waals surface area contributed by atoms with E-state index in [1.165, 1.54) is 32.6 Å². The summed E-state index contributed by atoms with van der Waals surface area (Å²) in [6.07, 6.45) is 0.798. The van der Waals surface area contributed by atoms with Gasteiger partial charge in [0.15, 0.2) is 5.43 Å². The van der Waals surface area contributed by atoms with Gasteiger partial charge in [-0.1, -0.05) is 12.1 Å². The highest BCUT2D eigenvalue weighted by Crippen LogP contribution is 2.36. The Bertz CT molecular complexity index is 1410. The van der Waals surface area contributed by atoms with Crippen LogP contribution >= 0.6 is 0 Å². The van der Waals surface area contributed by atoms with E-state index >= 15 is 0 Å². The standard InChI is InChI=1S/C23H18O8/c1-28-12-7-8-17-15(9-12)21(25)16(11-30-17)14(10-19(24)29-2)20-22(26)13-5-3-4-6-18(13)31-23(20)27/h3-9,11,14,26H,10H2,1-2H3/t14-/m0/s1. The number of ether oxygens (including phenoxy) is 2. The lowest BCUT2D eigenvalue weighted by atomic mass is 9.88. The lowest BCUT2D eigenvalue weighted by Crippen LogP contribution is -2.23. The Morgan fingerprint density at radius 1 is 1.06 bits per heavy atom. The average molecular weight is 422 g/mol. The molecule has 0 fully saturated rings. The van der Waals surface area contributed by atoms with Crippen LogP contribution in [-0.4, -0.2) is 25.3 Å². The largest absolute Gasteiger partial charge is 0.507 e. The molecule has 0 saturated heterocycles. The van der Waals surface area contributed by atoms with Crippen LogP contribution in [0.3, 0.4) is 0 Å². The molecule has 2 aromatic carbocycles. The maximum Gasteiger partial charge on any atom is 0.343 e. The summed E-state index contributed by atoms with van der Waals surface area (Å²) in [5.41, 5.74) is -1.07. The van der Waals surface area contributed by atoms with Crippen molar-refractivity contribution in [1.29, 1.82) is 0 Å². The van der Waals surface area contributed by atoms with Gasteiger partial charge in [-0.3, -0.25) is 9.59 Å². The minimum Gasteiger partial charge on any atom is -0.507 e. The zero-order valence-electron chi connectivity index (χ0n) is 16.7. The molecule has 2 heterocycles. The predicted octanol–water partition coefficient (Wildman–Crippen LogP) is 3.31. The molecule has 0 bridgehead atoms. The molecule has 1 N–H and O–H groups in total. The Labute approximate surface area is 175 Å². The van der Waals surface area contributed by atoms with E-state index in [-0.39, 0.29) is 39.7 Å². The molecular weight excluding hydrogens is 404 g/mol. The third kappa shape index (κ3) is 3.52. The SMILES string of the molecule is COC(=O)C[C@H](c1c(O)c2ccccc2oc1=O)c1coc2ccc(OC)cc2c1=O. The maximum absolute atomic E-state index is 13.3. The van der Waals surface area contributed by atoms with Gasteiger partial charge in [0.05, 0.1) is 43.2 Å². The fourth-order valence-corrected chi connectivity index (χ4v) is 3.57. The van der Waals surface area contributed by atoms with E-state index in [0.717, 1.165) is 0 Å². The summed E-state index contributed by atoms with van der Waals surface area (Å²) in [5, 5.41) is 11.4. The molecule has 0 saturated carbocycles. The summed E-state index contributed by atoms with van der Waals surface area (Å²) in [5.74, 6) is -1.76. The van der Waals surface area contributed by atoms with Gasteiger partial charge in [-0.15, -0.1) is 0 Å². The van der Waals surface area contributed by atoms with Gasteiger partial charge in [-0.25, -0.2) is 4.79 Å². The number of hydrogen-bond acceptors (Lipinski definition) is 8. The highest BCUT2D eigenvalue weighted by Gasteiger charge is 2.30. The quantitative estimate of drug-likeness (QED) is 0.385. The van der Waals surface area contributed by atoms with Crippen molar-refractivity contribution in [2.45, 2.75) is 12.3 Å². The van der Waals surface area contributed by atoms with Gasteiger partial charge in [0, 0.05) is 11.5 Å². The number of para-hydroxylation sites is 1. The second kappa shape index (κ2) is 7.98. The molecule has 8 nitrogen and oxygen atoms in total. The van der Waals surface area contributed by atoms with E-state index in [1.807, 2.05) is 0 Å². The lowest BCUT2D eigenvalue weighted by molar-refractivity contribution is -0.140. The summed E-state index contributed by atoms with van der Waals surface area (Å²) in [7, 11) is 2.65. The Morgan fingerprint density at radius 2 is 1.84 bits per heavy atom. The third-order valence-electron chi connectivity index (χ3n) is 5.15. The van der Waals surface area contributed by atoms with Crippen LogP contribution in [0, 0.1) is 0 Å². The first-order valence-corrected chi connectivity index (χ1v) is 9.35. The van der Waals surface area contributed by atoms with Crippen LogP contribution in [0.15, 0.2) is 67.2 Å². The molecule has 0 spiro atoms. The van der Waals surface area contributed by atoms with Gasteiger partial charge >= 0.3 is 11.6 Å². The first kappa shape index (κ1) is 20.2. The molecule has 1 atom stereocenters. The predicted molar refractivity (Wildman–Crippen MR) is 112 cm³/mol. The molecule has 0 aliphatic carbocycles. The second-order valence-electron chi connectivity index (χ2n) is 6.86. The number of fused-ring (bicyclic) bond motifs is 2. The number of benzene rings is 2. The van der Waals surface area contributed by atoms with Crippen molar-refractivity contribution in [3.05, 3.63) is 80.5 Å². The zero-order chi connectivity index (χ0) is 22.1. The minimum atomic E-state index is -1.15. The fraction of sp³-hybridized carbons (Fsp3) is 0.174. The van der Waals surface area contributed by atoms with Gasteiger partial charge in [0.25, 0.3) is 0 Å². The van der Waals surface area contributed by atoms with Crippen molar-refractivity contribution in [1.82, 2.24) is 0 Å². The maximum atomic E-state index is 13.3. The Morgan fingerprint density at radius 3 is 2.58 bits per heavy atom. The molecule has 0 radical (unpaired) electrons. The Hall–Kier alpha value is -4.07. The van der Waals surface area contributed by atoms with Crippen molar-refractivity contribution in [3.63, 3.8) is 0 Å². The number of esters is 1. The normalized spacial score (nSPS) is 12.1. The molecule has 2 aromatic heterocycles. The first-order valence-electron chi connectivity index (χ1n) is 9.35. The fourth-order valence-electron chi connectivity index (χ4n) is 3.57. The molecule has 8 heteroatoms. The molecule has 0 aliphatic rings. The monoisotopic (exact) mass is 422 g/mol. The summed E-state index contributed by atoms with van der Waals surface area (Å²) in [6, 6.07) is 11.1. The molecule has 31 heavy (non-hydrogen) atoms. The third-order valence-corrected chi connectivity index (χ3v) is 5.15. The summed E-state index contributed by atoms with van der Waals surface area (Å²) in [4.78, 5) is 38.2. The van der Waals surface area contributed by atoms with Gasteiger partial charge in [0.1, 0.15) is 22.7 Å². The lowest BCUT2D eigenvalue weighted by Gasteiger charge is -2.17. The van der Waals surface area contributed by atoms with Gasteiger partial charge < -0.3 is 23.4 Å². The van der Waals surface area contributed by atoms with Crippen molar-refractivity contribution < 1.29 is 28.2 Å². The molecular formula is C23H18O8. The van der Waals surface area contributed by atoms with E-state index < -0.39 is 22.9 Å². The van der Waals surface area contributed by atoms with Crippen LogP contribution in [-0.2, 0) is 9.53 Å². The average Bonchev–Trinajstić information content (AvgIpc) is 2.78. The van der Waals surface area contributed by atoms with Crippen LogP contribution in [0.25, 0.3) is 21.9 Å². The van der Waals surface area contributed by atoms with Crippen molar-refractivity contribution in [2.24, 2.45) is 0 Å². The molecule has 158 valence electrons. The van der Waals surface area contributed by atoms with Crippen molar-refractivity contribution in [3.8, 4) is 11.5 Å². The highest BCUT2D eigenvalue weighted by atomic mass is 16.5. The van der Waals surface area contributed by atoms with E-state index in [4.69, 9.17) is 18.3 Å². The number of carbonyl (C=O) groups is 1. The van der Waals surface area contributed by atoms with Crippen molar-refractivity contribution >= 4 is 27.9 Å². The topological polar surface area (TPSA) is 116 Å². The smallest absolute Gasteiger partial charge is 0.343 e. The van der Waals surface area contributed by atoms with Gasteiger partial charge in [-0.05, 0) is 30.3 Å². The summed E-state index contributed by atoms with van der Waals surface area (Å²) >= 11 is 0. The number of carbonyl (C=O) groups excluding carboxylic acids is 1. The van der Waals surface area contributed by atoms with Gasteiger partial charge in [-0.2, -0.15) is 0 Å². The van der Waals surface area contributed by atoms with E-state index in [2.05, 4.69) is 0 Å². The Balaban J connectivity index is 2.00. The molecule has 0 unspecified atom stereocenters. The number of hydrogen-bond donors (Lipinski definition) is 1. The number of rotatable bonds is 5. The molecule has 0 aliphatic heterocycles.